The first-order valence-corrected chi connectivity index (χ1v) is 11.6. The number of hydrogen-bond donors (Lipinski definition) is 1. The predicted octanol–water partition coefficient (Wildman–Crippen LogP) is 7.33. The molecule has 1 aromatic heterocycles. The highest BCUT2D eigenvalue weighted by Crippen LogP contribution is 2.35. The molecule has 0 bridgehead atoms. The highest BCUT2D eigenvalue weighted by Gasteiger charge is 2.18. The summed E-state index contributed by atoms with van der Waals surface area (Å²) in [7, 11) is 0. The fourth-order valence-corrected chi connectivity index (χ4v) is 5.03. The Morgan fingerprint density at radius 1 is 0.935 bits per heavy atom. The molecule has 160 valence electrons. The van der Waals surface area contributed by atoms with Gasteiger partial charge in [-0.2, -0.15) is 4.39 Å². The van der Waals surface area contributed by atoms with Gasteiger partial charge < -0.3 is 5.32 Å². The number of ketones is 1. The van der Waals surface area contributed by atoms with Crippen molar-refractivity contribution in [2.75, 3.05) is 5.32 Å². The molecule has 0 saturated heterocycles. The van der Waals surface area contributed by atoms with Crippen molar-refractivity contribution >= 4 is 28.0 Å². The van der Waals surface area contributed by atoms with Crippen molar-refractivity contribution in [2.24, 2.45) is 5.92 Å². The third-order valence-electron chi connectivity index (χ3n) is 5.97. The van der Waals surface area contributed by atoms with Gasteiger partial charge in [-0.05, 0) is 48.4 Å². The van der Waals surface area contributed by atoms with E-state index in [1.54, 1.807) is 13.0 Å². The minimum Gasteiger partial charge on any atom is -0.318 e. The van der Waals surface area contributed by atoms with Crippen LogP contribution < -0.4 is 5.32 Å². The fourth-order valence-electron chi connectivity index (χ4n) is 4.21. The second-order valence-corrected chi connectivity index (χ2v) is 9.27. The number of amides is 1. The minimum atomic E-state index is -0.300. The SMILES string of the molecule is CC(=O)c1ccc(-c2ccc(-c3cc(NC(=O)CC4CCCCC4)sc3F)cc2)cc1. The number of nitrogens with one attached hydrogen (secondary N) is 1. The number of thiophene rings is 1. The summed E-state index contributed by atoms with van der Waals surface area (Å²) in [6.45, 7) is 1.55. The summed E-state index contributed by atoms with van der Waals surface area (Å²) in [6, 6.07) is 16.8. The van der Waals surface area contributed by atoms with E-state index in [9.17, 15) is 14.0 Å². The molecule has 0 aliphatic heterocycles. The summed E-state index contributed by atoms with van der Waals surface area (Å²) in [6.07, 6.45) is 6.41. The van der Waals surface area contributed by atoms with Gasteiger partial charge in [0, 0.05) is 17.5 Å². The number of rotatable bonds is 6. The van der Waals surface area contributed by atoms with Gasteiger partial charge in [0.2, 0.25) is 5.91 Å². The van der Waals surface area contributed by atoms with Crippen LogP contribution in [0.1, 0.15) is 55.8 Å². The molecule has 1 aliphatic rings. The van der Waals surface area contributed by atoms with Gasteiger partial charge in [-0.15, -0.1) is 0 Å². The zero-order chi connectivity index (χ0) is 21.8. The van der Waals surface area contributed by atoms with Crippen LogP contribution in [0, 0.1) is 11.0 Å². The van der Waals surface area contributed by atoms with Crippen LogP contribution in [0.4, 0.5) is 9.39 Å². The van der Waals surface area contributed by atoms with E-state index < -0.39 is 0 Å². The quantitative estimate of drug-likeness (QED) is 0.412. The van der Waals surface area contributed by atoms with E-state index in [1.165, 1.54) is 19.3 Å². The maximum atomic E-state index is 14.6. The molecule has 1 saturated carbocycles. The number of halogens is 1. The molecule has 0 unspecified atom stereocenters. The number of carbonyl (C=O) groups excluding carboxylic acids is 2. The summed E-state index contributed by atoms with van der Waals surface area (Å²) < 4.78 is 14.6. The van der Waals surface area contributed by atoms with Crippen LogP contribution in [0.2, 0.25) is 0 Å². The average Bonchev–Trinajstić information content (AvgIpc) is 3.14. The first-order chi connectivity index (χ1) is 15.0. The van der Waals surface area contributed by atoms with Crippen LogP contribution in [-0.2, 0) is 4.79 Å². The van der Waals surface area contributed by atoms with E-state index in [1.807, 2.05) is 48.5 Å². The van der Waals surface area contributed by atoms with Gasteiger partial charge in [0.25, 0.3) is 0 Å². The largest absolute Gasteiger partial charge is 0.318 e. The highest BCUT2D eigenvalue weighted by molar-refractivity contribution is 7.15. The van der Waals surface area contributed by atoms with E-state index in [4.69, 9.17) is 0 Å². The Kier molecular flexibility index (Phi) is 6.62. The maximum absolute atomic E-state index is 14.6. The van der Waals surface area contributed by atoms with Crippen LogP contribution in [0.25, 0.3) is 22.3 Å². The fraction of sp³-hybridized carbons (Fsp3) is 0.308. The van der Waals surface area contributed by atoms with Crippen molar-refractivity contribution in [3.05, 3.63) is 65.3 Å². The summed E-state index contributed by atoms with van der Waals surface area (Å²) in [5.74, 6) is 0.468. The van der Waals surface area contributed by atoms with Gasteiger partial charge in [-0.25, -0.2) is 0 Å². The third-order valence-corrected chi connectivity index (χ3v) is 6.81. The van der Waals surface area contributed by atoms with Gasteiger partial charge in [-0.1, -0.05) is 79.1 Å². The van der Waals surface area contributed by atoms with E-state index in [-0.39, 0.29) is 16.8 Å². The van der Waals surface area contributed by atoms with Crippen molar-refractivity contribution in [1.29, 1.82) is 0 Å². The highest BCUT2D eigenvalue weighted by atomic mass is 32.1. The molecule has 1 aliphatic carbocycles. The molecular weight excluding hydrogens is 409 g/mol. The molecular formula is C26H26FNO2S. The Labute approximate surface area is 186 Å². The van der Waals surface area contributed by atoms with Crippen LogP contribution in [0.3, 0.4) is 0 Å². The van der Waals surface area contributed by atoms with Crippen molar-refractivity contribution in [2.45, 2.75) is 45.4 Å². The monoisotopic (exact) mass is 435 g/mol. The lowest BCUT2D eigenvalue weighted by Gasteiger charge is -2.20. The lowest BCUT2D eigenvalue weighted by Crippen LogP contribution is -2.17. The van der Waals surface area contributed by atoms with Gasteiger partial charge in [0.1, 0.15) is 0 Å². The minimum absolute atomic E-state index is 0.0240. The second kappa shape index (κ2) is 9.56. The number of Topliss-reactive ketones (excluding diaryl/α,β-unsaturated/α-hetero) is 1. The molecule has 1 heterocycles. The lowest BCUT2D eigenvalue weighted by atomic mass is 9.87. The van der Waals surface area contributed by atoms with E-state index >= 15 is 0 Å². The van der Waals surface area contributed by atoms with Crippen molar-refractivity contribution in [3.8, 4) is 22.3 Å². The van der Waals surface area contributed by atoms with Crippen LogP contribution in [0.5, 0.6) is 0 Å². The lowest BCUT2D eigenvalue weighted by molar-refractivity contribution is -0.117. The summed E-state index contributed by atoms with van der Waals surface area (Å²) in [5, 5.41) is 3.14. The molecule has 2 aromatic carbocycles. The summed E-state index contributed by atoms with van der Waals surface area (Å²) in [4.78, 5) is 23.8. The zero-order valence-corrected chi connectivity index (χ0v) is 18.4. The maximum Gasteiger partial charge on any atom is 0.225 e. The van der Waals surface area contributed by atoms with Gasteiger partial charge in [0.05, 0.1) is 5.00 Å². The number of carbonyl (C=O) groups is 2. The van der Waals surface area contributed by atoms with Crippen LogP contribution >= 0.6 is 11.3 Å². The Balaban J connectivity index is 1.44. The molecule has 4 rings (SSSR count). The Morgan fingerprint density at radius 2 is 1.52 bits per heavy atom. The molecule has 0 radical (unpaired) electrons. The molecule has 0 atom stereocenters. The van der Waals surface area contributed by atoms with Gasteiger partial charge in [-0.3, -0.25) is 9.59 Å². The Hall–Kier alpha value is -2.79. The summed E-state index contributed by atoms with van der Waals surface area (Å²) in [5.41, 5.74) is 3.94. The van der Waals surface area contributed by atoms with Crippen molar-refractivity contribution in [1.82, 2.24) is 0 Å². The molecule has 1 fully saturated rings. The van der Waals surface area contributed by atoms with Crippen molar-refractivity contribution in [3.63, 3.8) is 0 Å². The van der Waals surface area contributed by atoms with Gasteiger partial charge >= 0.3 is 0 Å². The molecule has 5 heteroatoms. The zero-order valence-electron chi connectivity index (χ0n) is 17.6. The molecule has 1 amide bonds. The molecule has 3 aromatic rings. The normalized spacial score (nSPS) is 14.4. The topological polar surface area (TPSA) is 46.2 Å². The number of anilines is 1. The van der Waals surface area contributed by atoms with E-state index in [2.05, 4.69) is 5.32 Å². The van der Waals surface area contributed by atoms with Gasteiger partial charge in [0.15, 0.2) is 10.9 Å². The second-order valence-electron chi connectivity index (χ2n) is 8.27. The first kappa shape index (κ1) is 21.4. The third kappa shape index (κ3) is 5.28. The number of benzene rings is 2. The van der Waals surface area contributed by atoms with Crippen LogP contribution in [0.15, 0.2) is 54.6 Å². The number of hydrogen-bond acceptors (Lipinski definition) is 3. The standard InChI is InChI=1S/C26H26FNO2S/c1-17(29)19-7-9-20(10-8-19)21-11-13-22(14-12-21)23-16-25(31-26(23)27)28-24(30)15-18-5-3-2-4-6-18/h7-14,16,18H,2-6,15H2,1H3,(H,28,30). The molecule has 0 spiro atoms. The van der Waals surface area contributed by atoms with Crippen LogP contribution in [-0.4, -0.2) is 11.7 Å². The van der Waals surface area contributed by atoms with E-state index in [0.29, 0.717) is 28.5 Å². The predicted molar refractivity (Wildman–Crippen MR) is 125 cm³/mol. The Bertz CT molecular complexity index is 1060. The summed E-state index contributed by atoms with van der Waals surface area (Å²) >= 11 is 0.974. The molecule has 3 nitrogen and oxygen atoms in total. The van der Waals surface area contributed by atoms with Crippen molar-refractivity contribution < 1.29 is 14.0 Å². The molecule has 31 heavy (non-hydrogen) atoms. The van der Waals surface area contributed by atoms with E-state index in [0.717, 1.165) is 40.9 Å². The average molecular weight is 436 g/mol. The first-order valence-electron chi connectivity index (χ1n) is 10.8. The Morgan fingerprint density at radius 3 is 2.13 bits per heavy atom. The smallest absolute Gasteiger partial charge is 0.225 e. The molecule has 1 N–H and O–H groups in total.